The van der Waals surface area contributed by atoms with Crippen LogP contribution in [0.5, 0.6) is 11.5 Å². The average molecular weight is 762 g/mol. The maximum Gasteiger partial charge on any atom is 0.419 e. The molecular formula is C43H47N5O8. The summed E-state index contributed by atoms with van der Waals surface area (Å²) in [4.78, 5) is 41.8. The number of hydrogen-bond donors (Lipinski definition) is 6. The van der Waals surface area contributed by atoms with Crippen LogP contribution in [0, 0.1) is 0 Å². The van der Waals surface area contributed by atoms with E-state index >= 15 is 0 Å². The second-order valence-corrected chi connectivity index (χ2v) is 14.5. The highest BCUT2D eigenvalue weighted by atomic mass is 16.5. The Balaban J connectivity index is 1.02. The summed E-state index contributed by atoms with van der Waals surface area (Å²) in [5.74, 6) is -0.00421. The Morgan fingerprint density at radius 3 is 2.55 bits per heavy atom. The van der Waals surface area contributed by atoms with E-state index in [0.29, 0.717) is 72.3 Å². The molecule has 7 rings (SSSR count). The standard InChI is InChI=1S/C43H47N5O8/c1-55-38-23-35-39(22-28(38)24-45-25-37(50)32-16-18-36(49)41-33(32)17-19-40(51)46-41)56-43(54)47(35)20-6-5-7-26-10-15-31(27-8-3-2-4-9-27)34(21-26)48(42(52)53)30-13-11-29(44)12-14-30/h2-4,8-10,15-19,21-23,29-30,37,45,49-50H,5-7,11-14,20,24-25,44H2,1H3,(H,46,51)(H,52,53). The van der Waals surface area contributed by atoms with Gasteiger partial charge in [-0.05, 0) is 85.9 Å². The molecule has 2 heterocycles. The quantitative estimate of drug-likeness (QED) is 0.0675. The van der Waals surface area contributed by atoms with Gasteiger partial charge < -0.3 is 40.5 Å². The lowest BCUT2D eigenvalue weighted by molar-refractivity contribution is 0.175. The first-order chi connectivity index (χ1) is 27.1. The summed E-state index contributed by atoms with van der Waals surface area (Å²) in [6.07, 6.45) is 3.22. The molecule has 7 N–H and O–H groups in total. The number of pyridine rings is 1. The summed E-state index contributed by atoms with van der Waals surface area (Å²) in [5.41, 5.74) is 11.9. The van der Waals surface area contributed by atoms with Crippen molar-refractivity contribution in [2.45, 2.75) is 76.2 Å². The number of phenols is 1. The summed E-state index contributed by atoms with van der Waals surface area (Å²) < 4.78 is 12.9. The van der Waals surface area contributed by atoms with Crippen LogP contribution >= 0.6 is 0 Å². The van der Waals surface area contributed by atoms with Crippen molar-refractivity contribution in [3.63, 3.8) is 0 Å². The number of nitrogens with zero attached hydrogens (tertiary/aromatic N) is 2. The number of rotatable bonds is 14. The molecule has 1 aliphatic carbocycles. The first-order valence-electron chi connectivity index (χ1n) is 19.0. The molecule has 1 saturated carbocycles. The number of benzene rings is 4. The molecule has 1 unspecified atom stereocenters. The predicted molar refractivity (Wildman–Crippen MR) is 215 cm³/mol. The normalized spacial score (nSPS) is 16.3. The number of carbonyl (C=O) groups is 1. The Labute approximate surface area is 323 Å². The average Bonchev–Trinajstić information content (AvgIpc) is 3.50. The van der Waals surface area contributed by atoms with E-state index in [1.807, 2.05) is 42.5 Å². The third kappa shape index (κ3) is 8.20. The number of phenolic OH excluding ortho intramolecular Hbond substituents is 1. The number of aromatic nitrogens is 2. The molecule has 0 saturated heterocycles. The van der Waals surface area contributed by atoms with E-state index in [0.717, 1.165) is 41.5 Å². The Morgan fingerprint density at radius 1 is 1.02 bits per heavy atom. The highest BCUT2D eigenvalue weighted by Gasteiger charge is 2.31. The first-order valence-corrected chi connectivity index (χ1v) is 19.0. The molecule has 0 spiro atoms. The van der Waals surface area contributed by atoms with Crippen LogP contribution in [0.4, 0.5) is 10.5 Å². The molecule has 4 aromatic carbocycles. The highest BCUT2D eigenvalue weighted by molar-refractivity contribution is 5.94. The molecule has 13 nitrogen and oxygen atoms in total. The lowest BCUT2D eigenvalue weighted by Crippen LogP contribution is -2.44. The summed E-state index contributed by atoms with van der Waals surface area (Å²) in [6.45, 7) is 0.880. The van der Waals surface area contributed by atoms with E-state index in [1.165, 1.54) is 17.0 Å². The van der Waals surface area contributed by atoms with E-state index in [-0.39, 0.29) is 35.5 Å². The summed E-state index contributed by atoms with van der Waals surface area (Å²) in [5, 5.41) is 35.4. The smallest absolute Gasteiger partial charge is 0.419 e. The van der Waals surface area contributed by atoms with Crippen molar-refractivity contribution in [2.75, 3.05) is 18.6 Å². The fraction of sp³-hybridized carbons (Fsp3) is 0.326. The van der Waals surface area contributed by atoms with Crippen molar-refractivity contribution in [1.82, 2.24) is 14.9 Å². The molecule has 0 bridgehead atoms. The van der Waals surface area contributed by atoms with Crippen LogP contribution in [-0.2, 0) is 19.5 Å². The number of ether oxygens (including phenoxy) is 1. The Morgan fingerprint density at radius 2 is 1.80 bits per heavy atom. The third-order valence-electron chi connectivity index (χ3n) is 10.8. The van der Waals surface area contributed by atoms with Crippen LogP contribution in [0.15, 0.2) is 98.9 Å². The zero-order chi connectivity index (χ0) is 39.3. The Kier molecular flexibility index (Phi) is 11.6. The van der Waals surface area contributed by atoms with Crippen molar-refractivity contribution >= 4 is 33.8 Å². The van der Waals surface area contributed by atoms with Crippen LogP contribution in [0.25, 0.3) is 33.1 Å². The van der Waals surface area contributed by atoms with Gasteiger partial charge in [-0.25, -0.2) is 9.59 Å². The molecule has 13 heteroatoms. The van der Waals surface area contributed by atoms with Crippen molar-refractivity contribution < 1.29 is 29.3 Å². The number of aromatic hydroxyl groups is 1. The number of aryl methyl sites for hydroxylation is 2. The highest BCUT2D eigenvalue weighted by Crippen LogP contribution is 2.37. The van der Waals surface area contributed by atoms with Crippen molar-refractivity contribution in [1.29, 1.82) is 0 Å². The second-order valence-electron chi connectivity index (χ2n) is 14.5. The molecule has 56 heavy (non-hydrogen) atoms. The van der Waals surface area contributed by atoms with Crippen molar-refractivity contribution in [2.24, 2.45) is 5.73 Å². The van der Waals surface area contributed by atoms with Gasteiger partial charge in [0.05, 0.1) is 29.9 Å². The number of H-pyrrole nitrogens is 1. The SMILES string of the molecule is COc1cc2c(cc1CNCC(O)c1ccc(O)c3[nH]c(=O)ccc13)oc(=O)n2CCCCc1ccc(-c2ccccc2)c(N(C(=O)O)C2CCC(N)CC2)c1. The van der Waals surface area contributed by atoms with E-state index in [9.17, 15) is 29.7 Å². The third-order valence-corrected chi connectivity index (χ3v) is 10.8. The van der Waals surface area contributed by atoms with Crippen LogP contribution in [0.2, 0.25) is 0 Å². The van der Waals surface area contributed by atoms with Gasteiger partial charge in [0.25, 0.3) is 0 Å². The maximum atomic E-state index is 13.1. The molecule has 0 radical (unpaired) electrons. The number of amides is 1. The summed E-state index contributed by atoms with van der Waals surface area (Å²) in [6, 6.07) is 25.4. The molecule has 1 atom stereocenters. The molecule has 1 aliphatic rings. The summed E-state index contributed by atoms with van der Waals surface area (Å²) >= 11 is 0. The monoisotopic (exact) mass is 761 g/mol. The van der Waals surface area contributed by atoms with Crippen LogP contribution in [0.3, 0.4) is 0 Å². The van der Waals surface area contributed by atoms with E-state index in [1.54, 1.807) is 35.9 Å². The zero-order valence-electron chi connectivity index (χ0n) is 31.2. The molecule has 2 aromatic heterocycles. The number of anilines is 1. The zero-order valence-corrected chi connectivity index (χ0v) is 31.2. The van der Waals surface area contributed by atoms with Gasteiger partial charge in [0.15, 0.2) is 5.58 Å². The van der Waals surface area contributed by atoms with Gasteiger partial charge in [-0.2, -0.15) is 0 Å². The number of nitrogens with one attached hydrogen (secondary N) is 2. The van der Waals surface area contributed by atoms with Gasteiger partial charge in [0.2, 0.25) is 5.56 Å². The maximum absolute atomic E-state index is 13.1. The number of oxazole rings is 1. The number of carboxylic acid groups (broad SMARTS) is 1. The first kappa shape index (κ1) is 38.4. The lowest BCUT2D eigenvalue weighted by atomic mass is 9.89. The number of hydrogen-bond acceptors (Lipinski definition) is 9. The van der Waals surface area contributed by atoms with Gasteiger partial charge in [0.1, 0.15) is 11.5 Å². The van der Waals surface area contributed by atoms with Gasteiger partial charge in [-0.3, -0.25) is 14.3 Å². The molecular weight excluding hydrogens is 714 g/mol. The van der Waals surface area contributed by atoms with Crippen LogP contribution in [-0.4, -0.2) is 56.7 Å². The number of unbranched alkanes of at least 4 members (excludes halogenated alkanes) is 1. The van der Waals surface area contributed by atoms with Crippen LogP contribution in [0.1, 0.15) is 61.3 Å². The molecule has 6 aromatic rings. The van der Waals surface area contributed by atoms with E-state index in [2.05, 4.69) is 16.4 Å². The molecule has 1 fully saturated rings. The fourth-order valence-electron chi connectivity index (χ4n) is 7.88. The number of nitrogens with two attached hydrogens (primary N) is 1. The van der Waals surface area contributed by atoms with Crippen molar-refractivity contribution in [3.8, 4) is 22.6 Å². The van der Waals surface area contributed by atoms with E-state index < -0.39 is 18.0 Å². The fourth-order valence-corrected chi connectivity index (χ4v) is 7.88. The minimum atomic E-state index is -0.972. The minimum absolute atomic E-state index is 0.0823. The molecule has 292 valence electrons. The number of methoxy groups -OCH3 is 1. The van der Waals surface area contributed by atoms with Gasteiger partial charge in [0, 0.05) is 60.4 Å². The second kappa shape index (κ2) is 16.9. The number of fused-ring (bicyclic) bond motifs is 2. The van der Waals surface area contributed by atoms with Crippen molar-refractivity contribution in [3.05, 3.63) is 123 Å². The van der Waals surface area contributed by atoms with Gasteiger partial charge in [-0.1, -0.05) is 48.5 Å². The number of aliphatic hydroxyl groups is 1. The van der Waals surface area contributed by atoms with Gasteiger partial charge in [-0.15, -0.1) is 0 Å². The predicted octanol–water partition coefficient (Wildman–Crippen LogP) is 6.42. The topological polar surface area (TPSA) is 196 Å². The number of aromatic amines is 1. The Bertz CT molecular complexity index is 2450. The van der Waals surface area contributed by atoms with Crippen LogP contribution < -0.4 is 32.0 Å². The minimum Gasteiger partial charge on any atom is -0.506 e. The molecule has 1 amide bonds. The largest absolute Gasteiger partial charge is 0.506 e. The van der Waals surface area contributed by atoms with Gasteiger partial charge >= 0.3 is 11.8 Å². The lowest BCUT2D eigenvalue weighted by Gasteiger charge is -2.35. The number of aliphatic hydroxyl groups excluding tert-OH is 1. The molecule has 0 aliphatic heterocycles. The summed E-state index contributed by atoms with van der Waals surface area (Å²) in [7, 11) is 1.55. The Hall–Kier alpha value is -5.89. The van der Waals surface area contributed by atoms with E-state index in [4.69, 9.17) is 14.9 Å².